The molecule has 1 heterocycles. The summed E-state index contributed by atoms with van der Waals surface area (Å²) in [6.07, 6.45) is 8.38. The van der Waals surface area contributed by atoms with Gasteiger partial charge in [0.05, 0.1) is 6.10 Å². The van der Waals surface area contributed by atoms with Gasteiger partial charge in [-0.2, -0.15) is 0 Å². The van der Waals surface area contributed by atoms with Crippen molar-refractivity contribution in [1.82, 2.24) is 0 Å². The van der Waals surface area contributed by atoms with E-state index in [0.29, 0.717) is 18.3 Å². The van der Waals surface area contributed by atoms with Crippen molar-refractivity contribution >= 4 is 5.78 Å². The first-order chi connectivity index (χ1) is 7.77. The Bertz CT molecular complexity index is 234. The predicted molar refractivity (Wildman–Crippen MR) is 61.4 cm³/mol. The average Bonchev–Trinajstić information content (AvgIpc) is 2.70. The van der Waals surface area contributed by atoms with Crippen LogP contribution >= 0.6 is 0 Å². The molecule has 0 aromatic carbocycles. The van der Waals surface area contributed by atoms with E-state index in [-0.39, 0.29) is 0 Å². The third kappa shape index (κ3) is 2.46. The number of ketones is 1. The maximum Gasteiger partial charge on any atom is 0.164 e. The summed E-state index contributed by atoms with van der Waals surface area (Å²) in [6.45, 7) is 0.903. The second kappa shape index (κ2) is 5.28. The highest BCUT2D eigenvalue weighted by molar-refractivity contribution is 5.88. The largest absolute Gasteiger partial charge is 0.378 e. The lowest BCUT2D eigenvalue weighted by Crippen LogP contribution is -2.46. The van der Waals surface area contributed by atoms with Gasteiger partial charge in [0, 0.05) is 20.1 Å². The molecule has 0 aromatic rings. The third-order valence-corrected chi connectivity index (χ3v) is 4.01. The van der Waals surface area contributed by atoms with E-state index < -0.39 is 5.60 Å². The van der Waals surface area contributed by atoms with E-state index in [9.17, 15) is 4.79 Å². The molecular weight excluding hydrogens is 204 g/mol. The van der Waals surface area contributed by atoms with Crippen LogP contribution in [0.4, 0.5) is 0 Å². The van der Waals surface area contributed by atoms with Gasteiger partial charge >= 0.3 is 0 Å². The van der Waals surface area contributed by atoms with Crippen LogP contribution in [0.15, 0.2) is 0 Å². The molecule has 1 atom stereocenters. The highest BCUT2D eigenvalue weighted by Crippen LogP contribution is 2.37. The fraction of sp³-hybridized carbons (Fsp3) is 0.923. The number of ether oxygens (including phenoxy) is 2. The average molecular weight is 226 g/mol. The molecule has 2 fully saturated rings. The number of rotatable bonds is 6. The van der Waals surface area contributed by atoms with Crippen molar-refractivity contribution in [3.05, 3.63) is 0 Å². The maximum atomic E-state index is 12.0. The minimum absolute atomic E-state index is 0.305. The Hall–Kier alpha value is -0.410. The molecule has 0 amide bonds. The molecule has 3 heteroatoms. The van der Waals surface area contributed by atoms with E-state index in [1.165, 1.54) is 12.8 Å². The maximum absolute atomic E-state index is 12.0. The van der Waals surface area contributed by atoms with Gasteiger partial charge in [-0.1, -0.05) is 0 Å². The van der Waals surface area contributed by atoms with Crippen LogP contribution in [0.5, 0.6) is 0 Å². The van der Waals surface area contributed by atoms with E-state index in [1.807, 2.05) is 0 Å². The molecule has 16 heavy (non-hydrogen) atoms. The summed E-state index contributed by atoms with van der Waals surface area (Å²) in [5, 5.41) is 0. The summed E-state index contributed by atoms with van der Waals surface area (Å²) in [5.41, 5.74) is -0.406. The number of hydrogen-bond donors (Lipinski definition) is 0. The fourth-order valence-electron chi connectivity index (χ4n) is 2.68. The predicted octanol–water partition coefficient (Wildman–Crippen LogP) is 2.47. The highest BCUT2D eigenvalue weighted by atomic mass is 16.5. The Morgan fingerprint density at radius 2 is 2.25 bits per heavy atom. The van der Waals surface area contributed by atoms with Crippen LogP contribution in [0.1, 0.15) is 51.4 Å². The van der Waals surface area contributed by atoms with E-state index in [0.717, 1.165) is 38.7 Å². The molecule has 2 rings (SSSR count). The van der Waals surface area contributed by atoms with Crippen molar-refractivity contribution in [3.8, 4) is 0 Å². The second-order valence-electron chi connectivity index (χ2n) is 5.00. The molecule has 0 radical (unpaired) electrons. The number of carbonyl (C=O) groups is 1. The van der Waals surface area contributed by atoms with Crippen molar-refractivity contribution in [2.24, 2.45) is 0 Å². The van der Waals surface area contributed by atoms with Gasteiger partial charge in [0.1, 0.15) is 5.60 Å². The zero-order valence-electron chi connectivity index (χ0n) is 10.2. The van der Waals surface area contributed by atoms with E-state index in [2.05, 4.69) is 0 Å². The first-order valence-electron chi connectivity index (χ1n) is 6.47. The molecule has 92 valence electrons. The smallest absolute Gasteiger partial charge is 0.164 e. The zero-order valence-corrected chi connectivity index (χ0v) is 10.2. The van der Waals surface area contributed by atoms with Crippen molar-refractivity contribution < 1.29 is 14.3 Å². The van der Waals surface area contributed by atoms with Crippen molar-refractivity contribution in [3.63, 3.8) is 0 Å². The third-order valence-electron chi connectivity index (χ3n) is 4.01. The Morgan fingerprint density at radius 1 is 1.44 bits per heavy atom. The Kier molecular flexibility index (Phi) is 3.98. The lowest BCUT2D eigenvalue weighted by atomic mass is 9.75. The van der Waals surface area contributed by atoms with Gasteiger partial charge in [0.15, 0.2) is 5.78 Å². The van der Waals surface area contributed by atoms with Gasteiger partial charge in [-0.05, 0) is 44.9 Å². The molecule has 3 nitrogen and oxygen atoms in total. The lowest BCUT2D eigenvalue weighted by Gasteiger charge is -2.38. The summed E-state index contributed by atoms with van der Waals surface area (Å²) in [5.74, 6) is 0.305. The van der Waals surface area contributed by atoms with Gasteiger partial charge < -0.3 is 9.47 Å². The van der Waals surface area contributed by atoms with Crippen molar-refractivity contribution in [2.45, 2.75) is 63.1 Å². The molecule has 0 aromatic heterocycles. The molecule has 1 saturated heterocycles. The van der Waals surface area contributed by atoms with E-state index in [1.54, 1.807) is 7.11 Å². The Labute approximate surface area is 97.5 Å². The molecular formula is C13H22O3. The standard InChI is InChI=1S/C13H22O3/c1-15-13(8-4-9-13)12(14)7-2-5-11-6-3-10-16-11/h11H,2-10H2,1H3. The molecule has 1 aliphatic carbocycles. The first-order valence-corrected chi connectivity index (χ1v) is 6.47. The Morgan fingerprint density at radius 3 is 2.75 bits per heavy atom. The summed E-state index contributed by atoms with van der Waals surface area (Å²) >= 11 is 0. The van der Waals surface area contributed by atoms with Crippen LogP contribution in [-0.4, -0.2) is 31.2 Å². The number of carbonyl (C=O) groups excluding carboxylic acids is 1. The molecule has 0 bridgehead atoms. The summed E-state index contributed by atoms with van der Waals surface area (Å²) < 4.78 is 10.9. The van der Waals surface area contributed by atoms with Gasteiger partial charge in [0.25, 0.3) is 0 Å². The molecule has 1 unspecified atom stereocenters. The SMILES string of the molecule is COC1(C(=O)CCCC2CCCO2)CCC1. The Balaban J connectivity index is 1.67. The molecule has 1 saturated carbocycles. The summed E-state index contributed by atoms with van der Waals surface area (Å²) in [6, 6.07) is 0. The second-order valence-corrected chi connectivity index (χ2v) is 5.00. The quantitative estimate of drug-likeness (QED) is 0.698. The van der Waals surface area contributed by atoms with Crippen molar-refractivity contribution in [2.75, 3.05) is 13.7 Å². The fourth-order valence-corrected chi connectivity index (χ4v) is 2.68. The van der Waals surface area contributed by atoms with E-state index in [4.69, 9.17) is 9.47 Å². The molecule has 0 spiro atoms. The zero-order chi connectivity index (χ0) is 11.4. The summed E-state index contributed by atoms with van der Waals surface area (Å²) in [7, 11) is 1.66. The molecule has 2 aliphatic rings. The van der Waals surface area contributed by atoms with Crippen LogP contribution in [0.3, 0.4) is 0 Å². The molecule has 0 N–H and O–H groups in total. The van der Waals surface area contributed by atoms with Crippen LogP contribution in [0, 0.1) is 0 Å². The summed E-state index contributed by atoms with van der Waals surface area (Å²) in [4.78, 5) is 12.0. The van der Waals surface area contributed by atoms with Crippen molar-refractivity contribution in [1.29, 1.82) is 0 Å². The number of methoxy groups -OCH3 is 1. The van der Waals surface area contributed by atoms with Gasteiger partial charge in [0.2, 0.25) is 0 Å². The molecule has 1 aliphatic heterocycles. The topological polar surface area (TPSA) is 35.5 Å². The van der Waals surface area contributed by atoms with Crippen LogP contribution in [-0.2, 0) is 14.3 Å². The lowest BCUT2D eigenvalue weighted by molar-refractivity contribution is -0.152. The van der Waals surface area contributed by atoms with E-state index >= 15 is 0 Å². The number of hydrogen-bond acceptors (Lipinski definition) is 3. The van der Waals surface area contributed by atoms with Gasteiger partial charge in [-0.3, -0.25) is 4.79 Å². The van der Waals surface area contributed by atoms with Crippen LogP contribution in [0.2, 0.25) is 0 Å². The monoisotopic (exact) mass is 226 g/mol. The minimum Gasteiger partial charge on any atom is -0.378 e. The van der Waals surface area contributed by atoms with Crippen LogP contribution < -0.4 is 0 Å². The minimum atomic E-state index is -0.406. The van der Waals surface area contributed by atoms with Gasteiger partial charge in [-0.25, -0.2) is 0 Å². The number of Topliss-reactive ketones (excluding diaryl/α,β-unsaturated/α-hetero) is 1. The first kappa shape index (κ1) is 12.1. The highest BCUT2D eigenvalue weighted by Gasteiger charge is 2.43. The van der Waals surface area contributed by atoms with Crippen LogP contribution in [0.25, 0.3) is 0 Å². The normalized spacial score (nSPS) is 27.7. The van der Waals surface area contributed by atoms with Gasteiger partial charge in [-0.15, -0.1) is 0 Å².